The van der Waals surface area contributed by atoms with Crippen LogP contribution in [0.25, 0.3) is 0 Å². The Labute approximate surface area is 144 Å². The fourth-order valence-electron chi connectivity index (χ4n) is 3.43. The van der Waals surface area contributed by atoms with Crippen molar-refractivity contribution in [2.24, 2.45) is 5.92 Å². The summed E-state index contributed by atoms with van der Waals surface area (Å²) in [5.74, 6) is 0.711. The fourth-order valence-corrected chi connectivity index (χ4v) is 5.00. The van der Waals surface area contributed by atoms with E-state index < -0.39 is 0 Å². The van der Waals surface area contributed by atoms with E-state index in [0.29, 0.717) is 12.0 Å². The topological polar surface area (TPSA) is 45.2 Å². The fraction of sp³-hybridized carbons (Fsp3) is 0.412. The number of thiazole rings is 1. The minimum Gasteiger partial charge on any atom is -0.348 e. The Morgan fingerprint density at radius 1 is 1.26 bits per heavy atom. The molecule has 120 valence electrons. The van der Waals surface area contributed by atoms with Crippen molar-refractivity contribution in [2.75, 3.05) is 19.6 Å². The number of nitrogens with one attached hydrogen (secondary N) is 1. The maximum atomic E-state index is 12.5. The molecular weight excluding hydrogens is 326 g/mol. The molecule has 0 spiro atoms. The Bertz CT molecular complexity index is 664. The van der Waals surface area contributed by atoms with Gasteiger partial charge in [0.2, 0.25) is 0 Å². The summed E-state index contributed by atoms with van der Waals surface area (Å²) in [6.07, 6.45) is 4.30. The lowest BCUT2D eigenvalue weighted by Gasteiger charge is -2.44. The number of carbonyl (C=O) groups excluding carboxylic acids is 1. The normalized spacial score (nSPS) is 26.2. The van der Waals surface area contributed by atoms with Crippen molar-refractivity contribution in [1.82, 2.24) is 15.2 Å². The SMILES string of the molecule is O=C(NC1CN2CCC1CC2)c1ccc(Sc2cncs2)cc1. The quantitative estimate of drug-likeness (QED) is 0.925. The zero-order valence-electron chi connectivity index (χ0n) is 12.8. The molecule has 23 heavy (non-hydrogen) atoms. The van der Waals surface area contributed by atoms with Gasteiger partial charge < -0.3 is 10.2 Å². The van der Waals surface area contributed by atoms with Crippen LogP contribution in [0.2, 0.25) is 0 Å². The van der Waals surface area contributed by atoms with Gasteiger partial charge in [-0.3, -0.25) is 9.78 Å². The third kappa shape index (κ3) is 3.44. The first-order valence-corrected chi connectivity index (χ1v) is 9.67. The van der Waals surface area contributed by atoms with Crippen LogP contribution in [0.3, 0.4) is 0 Å². The summed E-state index contributed by atoms with van der Waals surface area (Å²) in [4.78, 5) is 20.1. The number of amides is 1. The minimum atomic E-state index is 0.0538. The van der Waals surface area contributed by atoms with Gasteiger partial charge in [0.05, 0.1) is 15.9 Å². The largest absolute Gasteiger partial charge is 0.348 e. The number of carbonyl (C=O) groups is 1. The number of hydrogen-bond donors (Lipinski definition) is 1. The van der Waals surface area contributed by atoms with Crippen molar-refractivity contribution in [3.05, 3.63) is 41.5 Å². The molecule has 2 aromatic rings. The van der Waals surface area contributed by atoms with Crippen LogP contribution >= 0.6 is 23.1 Å². The number of rotatable bonds is 4. The lowest BCUT2D eigenvalue weighted by Crippen LogP contribution is -2.57. The predicted octanol–water partition coefficient (Wildman–Crippen LogP) is 3.12. The number of aromatic nitrogens is 1. The van der Waals surface area contributed by atoms with Crippen LogP contribution in [-0.4, -0.2) is 41.5 Å². The van der Waals surface area contributed by atoms with E-state index in [-0.39, 0.29) is 5.91 Å². The third-order valence-electron chi connectivity index (χ3n) is 4.72. The van der Waals surface area contributed by atoms with E-state index in [1.807, 2.05) is 36.0 Å². The molecule has 5 rings (SSSR count). The van der Waals surface area contributed by atoms with Crippen molar-refractivity contribution in [2.45, 2.75) is 28.0 Å². The van der Waals surface area contributed by atoms with E-state index >= 15 is 0 Å². The highest BCUT2D eigenvalue weighted by atomic mass is 32.2. The van der Waals surface area contributed by atoms with Crippen LogP contribution in [0.5, 0.6) is 0 Å². The molecule has 1 aromatic carbocycles. The summed E-state index contributed by atoms with van der Waals surface area (Å²) in [5.41, 5.74) is 2.58. The summed E-state index contributed by atoms with van der Waals surface area (Å²) in [6, 6.07) is 8.17. The summed E-state index contributed by atoms with van der Waals surface area (Å²) < 4.78 is 1.16. The van der Waals surface area contributed by atoms with Gasteiger partial charge in [-0.2, -0.15) is 0 Å². The van der Waals surface area contributed by atoms with Crippen molar-refractivity contribution >= 4 is 29.0 Å². The summed E-state index contributed by atoms with van der Waals surface area (Å²) >= 11 is 3.30. The van der Waals surface area contributed by atoms with E-state index in [1.165, 1.54) is 25.9 Å². The highest BCUT2D eigenvalue weighted by molar-refractivity contribution is 8.01. The molecule has 3 fully saturated rings. The molecular formula is C17H19N3OS2. The van der Waals surface area contributed by atoms with Crippen LogP contribution in [0.4, 0.5) is 0 Å². The highest BCUT2D eigenvalue weighted by Crippen LogP contribution is 2.30. The molecule has 2 bridgehead atoms. The molecule has 1 unspecified atom stereocenters. The maximum Gasteiger partial charge on any atom is 0.251 e. The second kappa shape index (κ2) is 6.63. The molecule has 1 N–H and O–H groups in total. The van der Waals surface area contributed by atoms with Crippen LogP contribution in [-0.2, 0) is 0 Å². The van der Waals surface area contributed by atoms with Gasteiger partial charge in [-0.1, -0.05) is 11.8 Å². The van der Waals surface area contributed by atoms with Crippen molar-refractivity contribution in [3.8, 4) is 0 Å². The zero-order valence-corrected chi connectivity index (χ0v) is 14.4. The standard InChI is InChI=1S/C17H19N3OS2/c21-17(19-15-10-20-7-5-12(15)6-8-20)13-1-3-14(4-2-13)23-16-9-18-11-22-16/h1-4,9,11-12,15H,5-8,10H2,(H,19,21). The number of hydrogen-bond acceptors (Lipinski definition) is 5. The van der Waals surface area contributed by atoms with Gasteiger partial charge in [-0.05, 0) is 56.1 Å². The molecule has 4 nitrogen and oxygen atoms in total. The van der Waals surface area contributed by atoms with E-state index in [2.05, 4.69) is 15.2 Å². The summed E-state index contributed by atoms with van der Waals surface area (Å²) in [6.45, 7) is 3.40. The number of nitrogens with zero attached hydrogens (tertiary/aromatic N) is 2. The van der Waals surface area contributed by atoms with Gasteiger partial charge in [0.15, 0.2) is 0 Å². The maximum absolute atomic E-state index is 12.5. The van der Waals surface area contributed by atoms with Gasteiger partial charge in [-0.15, -0.1) is 11.3 Å². The molecule has 3 aliphatic heterocycles. The van der Waals surface area contributed by atoms with Gasteiger partial charge in [0.1, 0.15) is 0 Å². The second-order valence-corrected chi connectivity index (χ2v) is 8.43. The molecule has 0 aliphatic carbocycles. The number of benzene rings is 1. The van der Waals surface area contributed by atoms with Crippen LogP contribution in [0.1, 0.15) is 23.2 Å². The van der Waals surface area contributed by atoms with Crippen molar-refractivity contribution in [3.63, 3.8) is 0 Å². The average Bonchev–Trinajstić information content (AvgIpc) is 3.09. The Kier molecular flexibility index (Phi) is 4.37. The molecule has 4 heterocycles. The molecule has 0 saturated carbocycles. The first-order valence-electron chi connectivity index (χ1n) is 7.97. The first-order chi connectivity index (χ1) is 11.3. The summed E-state index contributed by atoms with van der Waals surface area (Å²) in [5, 5.41) is 3.24. The molecule has 1 aromatic heterocycles. The van der Waals surface area contributed by atoms with Crippen LogP contribution in [0, 0.1) is 5.92 Å². The van der Waals surface area contributed by atoms with Gasteiger partial charge in [0.25, 0.3) is 5.91 Å². The predicted molar refractivity (Wildman–Crippen MR) is 93.1 cm³/mol. The smallest absolute Gasteiger partial charge is 0.251 e. The van der Waals surface area contributed by atoms with Gasteiger partial charge in [-0.25, -0.2) is 0 Å². The van der Waals surface area contributed by atoms with E-state index in [4.69, 9.17) is 0 Å². The molecule has 6 heteroatoms. The van der Waals surface area contributed by atoms with Crippen molar-refractivity contribution in [1.29, 1.82) is 0 Å². The Morgan fingerprint density at radius 3 is 2.65 bits per heavy atom. The molecule has 0 radical (unpaired) electrons. The van der Waals surface area contributed by atoms with Gasteiger partial charge >= 0.3 is 0 Å². The second-order valence-electron chi connectivity index (χ2n) is 6.16. The lowest BCUT2D eigenvalue weighted by molar-refractivity contribution is 0.0620. The average molecular weight is 345 g/mol. The first kappa shape index (κ1) is 15.2. The minimum absolute atomic E-state index is 0.0538. The Hall–Kier alpha value is -1.37. The van der Waals surface area contributed by atoms with Crippen LogP contribution in [0.15, 0.2) is 45.1 Å². The van der Waals surface area contributed by atoms with E-state index in [0.717, 1.165) is 21.2 Å². The third-order valence-corrected chi connectivity index (χ3v) is 6.64. The van der Waals surface area contributed by atoms with E-state index in [1.54, 1.807) is 23.1 Å². The molecule has 1 atom stereocenters. The van der Waals surface area contributed by atoms with Gasteiger partial charge in [0, 0.05) is 23.0 Å². The van der Waals surface area contributed by atoms with Crippen molar-refractivity contribution < 1.29 is 4.79 Å². The Balaban J connectivity index is 1.38. The van der Waals surface area contributed by atoms with Crippen LogP contribution < -0.4 is 5.32 Å². The number of piperidine rings is 3. The molecule has 1 amide bonds. The number of fused-ring (bicyclic) bond motifs is 3. The lowest BCUT2D eigenvalue weighted by atomic mass is 9.84. The zero-order chi connectivity index (χ0) is 15.6. The molecule has 3 saturated heterocycles. The van der Waals surface area contributed by atoms with E-state index in [9.17, 15) is 4.79 Å². The molecule has 3 aliphatic rings. The summed E-state index contributed by atoms with van der Waals surface area (Å²) in [7, 11) is 0. The Morgan fingerprint density at radius 2 is 2.04 bits per heavy atom. The monoisotopic (exact) mass is 345 g/mol. The highest BCUT2D eigenvalue weighted by Gasteiger charge is 2.34.